The minimum atomic E-state index is 0.140. The predicted octanol–water partition coefficient (Wildman–Crippen LogP) is 2.63. The van der Waals surface area contributed by atoms with Gasteiger partial charge in [0.1, 0.15) is 0 Å². The van der Waals surface area contributed by atoms with Crippen LogP contribution in [-0.4, -0.2) is 22.3 Å². The van der Waals surface area contributed by atoms with E-state index in [0.29, 0.717) is 11.6 Å². The highest BCUT2D eigenvalue weighted by molar-refractivity contribution is 7.13. The number of rotatable bonds is 3. The molecule has 1 aromatic carbocycles. The van der Waals surface area contributed by atoms with Crippen molar-refractivity contribution < 1.29 is 4.79 Å². The van der Waals surface area contributed by atoms with Gasteiger partial charge in [0.25, 0.3) is 0 Å². The molecule has 4 nitrogen and oxygen atoms in total. The fourth-order valence-corrected chi connectivity index (χ4v) is 3.31. The number of anilines is 1. The number of hydrogen-bond donors (Lipinski definition) is 1. The second-order valence-electron chi connectivity index (χ2n) is 5.01. The Morgan fingerprint density at radius 3 is 2.90 bits per heavy atom. The quantitative estimate of drug-likeness (QED) is 0.944. The number of carbonyl (C=O) groups is 1. The van der Waals surface area contributed by atoms with Crippen molar-refractivity contribution in [1.29, 1.82) is 0 Å². The number of hydrogen-bond acceptors (Lipinski definition) is 4. The molecular weight excluding hydrogens is 270 g/mol. The van der Waals surface area contributed by atoms with Crippen molar-refractivity contribution in [3.05, 3.63) is 47.0 Å². The number of likely N-dealkylation sites (tertiary alicyclic amines) is 1. The summed E-state index contributed by atoms with van der Waals surface area (Å²) in [5, 5.41) is 2.38. The van der Waals surface area contributed by atoms with Crippen LogP contribution in [0.5, 0.6) is 0 Å². The van der Waals surface area contributed by atoms with Gasteiger partial charge < -0.3 is 10.6 Å². The Balaban J connectivity index is 1.73. The number of amides is 1. The summed E-state index contributed by atoms with van der Waals surface area (Å²) >= 11 is 1.38. The van der Waals surface area contributed by atoms with Crippen molar-refractivity contribution in [2.24, 2.45) is 0 Å². The smallest absolute Gasteiger partial charge is 0.229 e. The van der Waals surface area contributed by atoms with E-state index in [4.69, 9.17) is 5.73 Å². The Morgan fingerprint density at radius 2 is 2.20 bits per heavy atom. The fraction of sp³-hybridized carbons (Fsp3) is 0.333. The van der Waals surface area contributed by atoms with Crippen LogP contribution >= 0.6 is 11.3 Å². The number of nitrogen functional groups attached to an aromatic ring is 1. The lowest BCUT2D eigenvalue weighted by Gasteiger charge is -2.25. The van der Waals surface area contributed by atoms with Gasteiger partial charge in [-0.1, -0.05) is 30.3 Å². The molecule has 2 heterocycles. The molecule has 0 radical (unpaired) electrons. The highest BCUT2D eigenvalue weighted by Crippen LogP contribution is 2.32. The zero-order valence-electron chi connectivity index (χ0n) is 11.2. The molecule has 2 N–H and O–H groups in total. The van der Waals surface area contributed by atoms with Gasteiger partial charge in [-0.15, -0.1) is 11.3 Å². The second-order valence-corrected chi connectivity index (χ2v) is 5.90. The molecule has 2 aromatic rings. The van der Waals surface area contributed by atoms with Crippen LogP contribution < -0.4 is 5.73 Å². The van der Waals surface area contributed by atoms with E-state index in [-0.39, 0.29) is 11.9 Å². The Morgan fingerprint density at radius 1 is 1.40 bits per heavy atom. The molecule has 1 amide bonds. The van der Waals surface area contributed by atoms with Gasteiger partial charge in [0.15, 0.2) is 5.13 Å². The first-order chi connectivity index (χ1) is 9.74. The third-order valence-electron chi connectivity index (χ3n) is 3.66. The van der Waals surface area contributed by atoms with Crippen molar-refractivity contribution >= 4 is 22.4 Å². The summed E-state index contributed by atoms with van der Waals surface area (Å²) in [6.45, 7) is 0.831. The molecule has 1 aromatic heterocycles. The highest BCUT2D eigenvalue weighted by atomic mass is 32.1. The molecule has 0 spiro atoms. The van der Waals surface area contributed by atoms with Gasteiger partial charge in [-0.3, -0.25) is 4.79 Å². The third-order valence-corrected chi connectivity index (χ3v) is 4.38. The molecule has 1 atom stereocenters. The summed E-state index contributed by atoms with van der Waals surface area (Å²) in [6.07, 6.45) is 2.44. The Hall–Kier alpha value is -1.88. The SMILES string of the molecule is Nc1nc(CC(=O)N2CCCC2c2ccccc2)cs1. The Labute approximate surface area is 122 Å². The van der Waals surface area contributed by atoms with E-state index in [1.165, 1.54) is 16.9 Å². The zero-order chi connectivity index (χ0) is 13.9. The molecule has 0 bridgehead atoms. The molecule has 1 aliphatic heterocycles. The van der Waals surface area contributed by atoms with Crippen LogP contribution in [0.25, 0.3) is 0 Å². The van der Waals surface area contributed by atoms with Crippen molar-refractivity contribution in [2.75, 3.05) is 12.3 Å². The summed E-state index contributed by atoms with van der Waals surface area (Å²) in [6, 6.07) is 10.4. The van der Waals surface area contributed by atoms with Gasteiger partial charge in [0.2, 0.25) is 5.91 Å². The third kappa shape index (κ3) is 2.67. The second kappa shape index (κ2) is 5.63. The fourth-order valence-electron chi connectivity index (χ4n) is 2.75. The molecule has 0 saturated carbocycles. The maximum Gasteiger partial charge on any atom is 0.229 e. The number of aromatic nitrogens is 1. The van der Waals surface area contributed by atoms with Crippen LogP contribution in [0, 0.1) is 0 Å². The average Bonchev–Trinajstić information content (AvgIpc) is 3.09. The van der Waals surface area contributed by atoms with Crippen molar-refractivity contribution in [1.82, 2.24) is 9.88 Å². The monoisotopic (exact) mass is 287 g/mol. The Bertz CT molecular complexity index is 596. The molecule has 1 aliphatic rings. The van der Waals surface area contributed by atoms with Crippen LogP contribution in [0.1, 0.15) is 30.1 Å². The van der Waals surface area contributed by atoms with Crippen LogP contribution in [0.2, 0.25) is 0 Å². The molecule has 104 valence electrons. The average molecular weight is 287 g/mol. The molecule has 20 heavy (non-hydrogen) atoms. The predicted molar refractivity (Wildman–Crippen MR) is 80.4 cm³/mol. The minimum Gasteiger partial charge on any atom is -0.375 e. The standard InChI is InChI=1S/C15H17N3OS/c16-15-17-12(10-20-15)9-14(19)18-8-4-7-13(18)11-5-2-1-3-6-11/h1-3,5-6,10,13H,4,7-9H2,(H2,16,17). The van der Waals surface area contributed by atoms with Gasteiger partial charge in [-0.05, 0) is 18.4 Å². The lowest BCUT2D eigenvalue weighted by atomic mass is 10.0. The number of thiazole rings is 1. The van der Waals surface area contributed by atoms with Crippen LogP contribution in [-0.2, 0) is 11.2 Å². The first-order valence-electron chi connectivity index (χ1n) is 6.78. The zero-order valence-corrected chi connectivity index (χ0v) is 12.0. The largest absolute Gasteiger partial charge is 0.375 e. The van der Waals surface area contributed by atoms with Crippen molar-refractivity contribution in [3.63, 3.8) is 0 Å². The maximum absolute atomic E-state index is 12.5. The molecule has 3 rings (SSSR count). The van der Waals surface area contributed by atoms with Gasteiger partial charge in [-0.25, -0.2) is 4.98 Å². The van der Waals surface area contributed by atoms with Gasteiger partial charge in [0.05, 0.1) is 18.2 Å². The van der Waals surface area contributed by atoms with E-state index in [1.54, 1.807) is 0 Å². The number of nitrogens with two attached hydrogens (primary N) is 1. The molecule has 1 saturated heterocycles. The normalized spacial score (nSPS) is 18.4. The molecule has 1 unspecified atom stereocenters. The highest BCUT2D eigenvalue weighted by Gasteiger charge is 2.29. The van der Waals surface area contributed by atoms with E-state index < -0.39 is 0 Å². The van der Waals surface area contributed by atoms with Crippen LogP contribution in [0.3, 0.4) is 0 Å². The number of carbonyl (C=O) groups excluding carboxylic acids is 1. The Kier molecular flexibility index (Phi) is 3.69. The number of nitrogens with zero attached hydrogens (tertiary/aromatic N) is 2. The van der Waals surface area contributed by atoms with E-state index in [9.17, 15) is 4.79 Å². The summed E-state index contributed by atoms with van der Waals surface area (Å²) in [4.78, 5) is 18.6. The van der Waals surface area contributed by atoms with Crippen molar-refractivity contribution in [3.8, 4) is 0 Å². The maximum atomic E-state index is 12.5. The van der Waals surface area contributed by atoms with E-state index >= 15 is 0 Å². The molecule has 5 heteroatoms. The van der Waals surface area contributed by atoms with E-state index in [2.05, 4.69) is 17.1 Å². The lowest BCUT2D eigenvalue weighted by Crippen LogP contribution is -2.31. The lowest BCUT2D eigenvalue weighted by molar-refractivity contribution is -0.131. The first kappa shape index (κ1) is 13.1. The molecule has 1 fully saturated rings. The summed E-state index contributed by atoms with van der Waals surface area (Å²) < 4.78 is 0. The minimum absolute atomic E-state index is 0.140. The first-order valence-corrected chi connectivity index (χ1v) is 7.66. The van der Waals surface area contributed by atoms with Crippen molar-refractivity contribution in [2.45, 2.75) is 25.3 Å². The van der Waals surface area contributed by atoms with Crippen LogP contribution in [0.4, 0.5) is 5.13 Å². The van der Waals surface area contributed by atoms with E-state index in [1.807, 2.05) is 28.5 Å². The number of benzene rings is 1. The summed E-state index contributed by atoms with van der Waals surface area (Å²) in [5.74, 6) is 0.140. The van der Waals surface area contributed by atoms with Gasteiger partial charge in [-0.2, -0.15) is 0 Å². The summed E-state index contributed by atoms with van der Waals surface area (Å²) in [5.41, 5.74) is 7.60. The molecular formula is C15H17N3OS. The topological polar surface area (TPSA) is 59.2 Å². The van der Waals surface area contributed by atoms with Gasteiger partial charge >= 0.3 is 0 Å². The van der Waals surface area contributed by atoms with Crippen LogP contribution in [0.15, 0.2) is 35.7 Å². The molecule has 0 aliphatic carbocycles. The van der Waals surface area contributed by atoms with Gasteiger partial charge in [0, 0.05) is 11.9 Å². The van der Waals surface area contributed by atoms with E-state index in [0.717, 1.165) is 25.1 Å². The summed E-state index contributed by atoms with van der Waals surface area (Å²) in [7, 11) is 0.